The van der Waals surface area contributed by atoms with Gasteiger partial charge in [0.1, 0.15) is 11.5 Å². The largest absolute Gasteiger partial charge is 0.391 e. The lowest BCUT2D eigenvalue weighted by Gasteiger charge is -2.48. The second-order valence-corrected chi connectivity index (χ2v) is 7.25. The minimum Gasteiger partial charge on any atom is -0.391 e. The average molecular weight is 290 g/mol. The van der Waals surface area contributed by atoms with Crippen LogP contribution in [0.4, 0.5) is 4.39 Å². The van der Waals surface area contributed by atoms with Crippen LogP contribution in [0, 0.1) is 23.1 Å². The van der Waals surface area contributed by atoms with Crippen LogP contribution in [0.5, 0.6) is 0 Å². The van der Waals surface area contributed by atoms with Crippen LogP contribution in [0.2, 0.25) is 0 Å². The van der Waals surface area contributed by atoms with E-state index in [0.717, 1.165) is 25.5 Å². The number of amides is 1. The van der Waals surface area contributed by atoms with Crippen LogP contribution in [0.15, 0.2) is 18.3 Å². The minimum absolute atomic E-state index is 0.0927. The first-order valence-electron chi connectivity index (χ1n) is 7.57. The van der Waals surface area contributed by atoms with Crippen molar-refractivity contribution in [3.63, 3.8) is 0 Å². The minimum atomic E-state index is -0.446. The topological polar surface area (TPSA) is 53.4 Å². The molecule has 4 nitrogen and oxygen atoms in total. The molecule has 1 aliphatic heterocycles. The van der Waals surface area contributed by atoms with Crippen LogP contribution in [0.3, 0.4) is 0 Å². The Kier molecular flexibility index (Phi) is 2.67. The van der Waals surface area contributed by atoms with Gasteiger partial charge in [-0.2, -0.15) is 0 Å². The normalized spacial score (nSPS) is 40.6. The summed E-state index contributed by atoms with van der Waals surface area (Å²) in [4.78, 5) is 18.4. The van der Waals surface area contributed by atoms with Crippen LogP contribution in [0.1, 0.15) is 36.7 Å². The van der Waals surface area contributed by atoms with Crippen molar-refractivity contribution in [2.75, 3.05) is 6.54 Å². The molecule has 3 bridgehead atoms. The van der Waals surface area contributed by atoms with Gasteiger partial charge in [0.2, 0.25) is 0 Å². The summed E-state index contributed by atoms with van der Waals surface area (Å²) < 4.78 is 13.0. The fourth-order valence-corrected chi connectivity index (χ4v) is 4.92. The van der Waals surface area contributed by atoms with E-state index in [4.69, 9.17) is 0 Å². The summed E-state index contributed by atoms with van der Waals surface area (Å²) in [6, 6.07) is 2.59. The molecule has 4 rings (SSSR count). The molecule has 1 N–H and O–H groups in total. The van der Waals surface area contributed by atoms with Crippen molar-refractivity contribution in [1.82, 2.24) is 9.88 Å². The molecule has 2 saturated carbocycles. The molecule has 5 unspecified atom stereocenters. The molecule has 2 aliphatic carbocycles. The first-order chi connectivity index (χ1) is 9.97. The zero-order valence-corrected chi connectivity index (χ0v) is 12.0. The van der Waals surface area contributed by atoms with E-state index >= 15 is 0 Å². The molecule has 1 aromatic heterocycles. The first kappa shape index (κ1) is 13.2. The highest BCUT2D eigenvalue weighted by molar-refractivity contribution is 5.92. The van der Waals surface area contributed by atoms with Crippen molar-refractivity contribution in [3.8, 4) is 0 Å². The number of carbonyl (C=O) groups is 1. The molecule has 0 radical (unpaired) electrons. The number of rotatable bonds is 1. The summed E-state index contributed by atoms with van der Waals surface area (Å²) >= 11 is 0. The molecule has 0 spiro atoms. The second-order valence-electron chi connectivity index (χ2n) is 7.25. The van der Waals surface area contributed by atoms with Gasteiger partial charge in [-0.25, -0.2) is 9.37 Å². The molecule has 3 aliphatic rings. The fourth-order valence-electron chi connectivity index (χ4n) is 4.92. The Bertz CT molecular complexity index is 590. The van der Waals surface area contributed by atoms with Crippen molar-refractivity contribution >= 4 is 5.91 Å². The molecule has 3 fully saturated rings. The highest BCUT2D eigenvalue weighted by atomic mass is 19.1. The third-order valence-electron chi connectivity index (χ3n) is 5.55. The molecular weight excluding hydrogens is 271 g/mol. The first-order valence-corrected chi connectivity index (χ1v) is 7.57. The lowest BCUT2D eigenvalue weighted by molar-refractivity contribution is -0.000723. The Balaban J connectivity index is 1.68. The monoisotopic (exact) mass is 290 g/mol. The van der Waals surface area contributed by atoms with E-state index in [9.17, 15) is 14.3 Å². The lowest BCUT2D eigenvalue weighted by atomic mass is 9.67. The molecule has 1 aromatic rings. The Hall–Kier alpha value is -1.49. The van der Waals surface area contributed by atoms with Gasteiger partial charge in [-0.05, 0) is 48.6 Å². The SMILES string of the molecule is CC12CC3CC(C1)C(C3O)N(C(=O)c1ccc(F)cn1)C2. The van der Waals surface area contributed by atoms with E-state index in [1.165, 1.54) is 12.1 Å². The third-order valence-corrected chi connectivity index (χ3v) is 5.55. The summed E-state index contributed by atoms with van der Waals surface area (Å²) in [6.45, 7) is 2.87. The van der Waals surface area contributed by atoms with Crippen molar-refractivity contribution < 1.29 is 14.3 Å². The van der Waals surface area contributed by atoms with Gasteiger partial charge in [0.05, 0.1) is 18.3 Å². The predicted octanol–water partition coefficient (Wildman–Crippen LogP) is 1.84. The molecule has 2 heterocycles. The van der Waals surface area contributed by atoms with E-state index in [-0.39, 0.29) is 23.1 Å². The molecule has 0 aromatic carbocycles. The van der Waals surface area contributed by atoms with Gasteiger partial charge in [0.15, 0.2) is 0 Å². The van der Waals surface area contributed by atoms with Crippen molar-refractivity contribution in [2.24, 2.45) is 17.3 Å². The van der Waals surface area contributed by atoms with Crippen LogP contribution >= 0.6 is 0 Å². The number of aliphatic hydroxyl groups is 1. The molecular formula is C16H19FN2O2. The van der Waals surface area contributed by atoms with E-state index in [0.29, 0.717) is 18.4 Å². The maximum Gasteiger partial charge on any atom is 0.272 e. The van der Waals surface area contributed by atoms with Gasteiger partial charge < -0.3 is 10.0 Å². The molecule has 1 saturated heterocycles. The summed E-state index contributed by atoms with van der Waals surface area (Å²) in [5.41, 5.74) is 0.356. The molecule has 1 amide bonds. The Labute approximate surface area is 123 Å². The van der Waals surface area contributed by atoms with Crippen molar-refractivity contribution in [1.29, 1.82) is 0 Å². The molecule has 5 heteroatoms. The lowest BCUT2D eigenvalue weighted by Crippen LogP contribution is -2.55. The van der Waals surface area contributed by atoms with Crippen LogP contribution in [0.25, 0.3) is 0 Å². The van der Waals surface area contributed by atoms with Crippen molar-refractivity contribution in [3.05, 3.63) is 29.8 Å². The number of fused-ring (bicyclic) bond motifs is 2. The summed E-state index contributed by atoms with van der Waals surface area (Å²) in [5.74, 6) is 0.0790. The maximum absolute atomic E-state index is 13.0. The number of piperidine rings is 1. The summed E-state index contributed by atoms with van der Waals surface area (Å²) in [5, 5.41) is 10.5. The summed E-state index contributed by atoms with van der Waals surface area (Å²) in [7, 11) is 0. The van der Waals surface area contributed by atoms with Crippen LogP contribution in [-0.2, 0) is 0 Å². The number of likely N-dealkylation sites (tertiary alicyclic amines) is 1. The zero-order valence-electron chi connectivity index (χ0n) is 12.0. The number of pyridine rings is 1. The Morgan fingerprint density at radius 2 is 2.19 bits per heavy atom. The quantitative estimate of drug-likeness (QED) is 0.858. The number of carbonyl (C=O) groups excluding carboxylic acids is 1. The molecule has 5 atom stereocenters. The van der Waals surface area contributed by atoms with Gasteiger partial charge in [-0.1, -0.05) is 6.92 Å². The molecule has 112 valence electrons. The third kappa shape index (κ3) is 1.90. The van der Waals surface area contributed by atoms with E-state index in [2.05, 4.69) is 11.9 Å². The van der Waals surface area contributed by atoms with Gasteiger partial charge in [-0.15, -0.1) is 0 Å². The smallest absolute Gasteiger partial charge is 0.272 e. The number of halogens is 1. The van der Waals surface area contributed by atoms with E-state index < -0.39 is 11.9 Å². The standard InChI is InChI=1S/C16H19FN2O2/c1-16-5-9-4-10(6-16)14(20)13(9)19(8-16)15(21)12-3-2-11(17)7-18-12/h2-3,7,9-10,13-14,20H,4-6,8H2,1H3. The number of nitrogens with zero attached hydrogens (tertiary/aromatic N) is 2. The van der Waals surface area contributed by atoms with Gasteiger partial charge >= 0.3 is 0 Å². The van der Waals surface area contributed by atoms with E-state index in [1.807, 2.05) is 0 Å². The second kappa shape index (κ2) is 4.26. The molecule has 21 heavy (non-hydrogen) atoms. The number of hydrogen-bond donors (Lipinski definition) is 1. The van der Waals surface area contributed by atoms with Crippen LogP contribution in [-0.4, -0.2) is 39.6 Å². The number of aromatic nitrogens is 1. The van der Waals surface area contributed by atoms with Gasteiger partial charge in [0, 0.05) is 6.54 Å². The van der Waals surface area contributed by atoms with Gasteiger partial charge in [-0.3, -0.25) is 4.79 Å². The van der Waals surface area contributed by atoms with Crippen LogP contribution < -0.4 is 0 Å². The predicted molar refractivity (Wildman–Crippen MR) is 74.0 cm³/mol. The zero-order chi connectivity index (χ0) is 14.8. The van der Waals surface area contributed by atoms with Gasteiger partial charge in [0.25, 0.3) is 5.91 Å². The Morgan fingerprint density at radius 1 is 1.43 bits per heavy atom. The van der Waals surface area contributed by atoms with E-state index in [1.54, 1.807) is 4.90 Å². The van der Waals surface area contributed by atoms with Crippen molar-refractivity contribution in [2.45, 2.75) is 38.3 Å². The maximum atomic E-state index is 13.0. The summed E-state index contributed by atoms with van der Waals surface area (Å²) in [6.07, 6.45) is 3.74. The number of aliphatic hydroxyl groups excluding tert-OH is 1. The fraction of sp³-hybridized carbons (Fsp3) is 0.625. The number of hydrogen-bond acceptors (Lipinski definition) is 3. The highest BCUT2D eigenvalue weighted by Crippen LogP contribution is 2.56. The Morgan fingerprint density at radius 3 is 2.90 bits per heavy atom. The highest BCUT2D eigenvalue weighted by Gasteiger charge is 2.58. The average Bonchev–Trinajstić information content (AvgIpc) is 2.62.